The van der Waals surface area contributed by atoms with E-state index in [1.54, 1.807) is 6.92 Å². The van der Waals surface area contributed by atoms with Crippen molar-refractivity contribution in [3.05, 3.63) is 29.6 Å². The van der Waals surface area contributed by atoms with Gasteiger partial charge in [0.2, 0.25) is 0 Å². The molecule has 1 amide bonds. The summed E-state index contributed by atoms with van der Waals surface area (Å²) in [6.07, 6.45) is 0.882. The van der Waals surface area contributed by atoms with Crippen LogP contribution in [0.25, 0.3) is 0 Å². The molecule has 0 fully saturated rings. The number of nitrogens with zero attached hydrogens (tertiary/aromatic N) is 1. The standard InChI is InChI=1S/C15H21FN2O3/c1-10(2)6-7-17-15(19)9-21-14-8-12(16)4-5-13(14)11(3)18-20/h4-5,8,10,20H,6-7,9H2,1-3H3,(H,17,19). The Bertz CT molecular complexity index is 516. The van der Waals surface area contributed by atoms with Crippen LogP contribution in [0.3, 0.4) is 0 Å². The highest BCUT2D eigenvalue weighted by Crippen LogP contribution is 2.20. The monoisotopic (exact) mass is 296 g/mol. The number of hydrogen-bond donors (Lipinski definition) is 2. The highest BCUT2D eigenvalue weighted by molar-refractivity contribution is 6.00. The van der Waals surface area contributed by atoms with Crippen molar-refractivity contribution >= 4 is 11.6 Å². The average Bonchev–Trinajstić information content (AvgIpc) is 2.44. The number of benzene rings is 1. The number of amides is 1. The van der Waals surface area contributed by atoms with Crippen molar-refractivity contribution in [1.29, 1.82) is 0 Å². The van der Waals surface area contributed by atoms with Crippen LogP contribution in [0.5, 0.6) is 5.75 Å². The molecule has 21 heavy (non-hydrogen) atoms. The van der Waals surface area contributed by atoms with Crippen molar-refractivity contribution in [2.24, 2.45) is 11.1 Å². The minimum Gasteiger partial charge on any atom is -0.483 e. The maximum Gasteiger partial charge on any atom is 0.257 e. The van der Waals surface area contributed by atoms with E-state index in [0.717, 1.165) is 12.5 Å². The molecule has 1 aromatic rings. The van der Waals surface area contributed by atoms with Gasteiger partial charge in [-0.3, -0.25) is 4.79 Å². The van der Waals surface area contributed by atoms with Gasteiger partial charge in [0.25, 0.3) is 5.91 Å². The fraction of sp³-hybridized carbons (Fsp3) is 0.467. The lowest BCUT2D eigenvalue weighted by atomic mass is 10.1. The molecule has 0 bridgehead atoms. The highest BCUT2D eigenvalue weighted by atomic mass is 19.1. The Morgan fingerprint density at radius 1 is 1.48 bits per heavy atom. The SMILES string of the molecule is CC(=NO)c1ccc(F)cc1OCC(=O)NCCC(C)C. The zero-order valence-electron chi connectivity index (χ0n) is 12.5. The molecule has 0 aliphatic heterocycles. The largest absolute Gasteiger partial charge is 0.483 e. The van der Waals surface area contributed by atoms with E-state index in [4.69, 9.17) is 9.94 Å². The summed E-state index contributed by atoms with van der Waals surface area (Å²) in [5, 5.41) is 14.6. The van der Waals surface area contributed by atoms with Crippen LogP contribution in [0, 0.1) is 11.7 Å². The number of halogens is 1. The smallest absolute Gasteiger partial charge is 0.257 e. The molecule has 5 nitrogen and oxygen atoms in total. The normalized spacial score (nSPS) is 11.6. The number of nitrogens with one attached hydrogen (secondary N) is 1. The second-order valence-electron chi connectivity index (χ2n) is 5.15. The molecule has 0 radical (unpaired) electrons. The van der Waals surface area contributed by atoms with Gasteiger partial charge >= 0.3 is 0 Å². The molecular weight excluding hydrogens is 275 g/mol. The van der Waals surface area contributed by atoms with Gasteiger partial charge < -0.3 is 15.3 Å². The number of carbonyl (C=O) groups is 1. The zero-order valence-corrected chi connectivity index (χ0v) is 12.5. The first-order chi connectivity index (χ1) is 9.93. The van der Waals surface area contributed by atoms with E-state index in [-0.39, 0.29) is 24.0 Å². The van der Waals surface area contributed by atoms with Crippen molar-refractivity contribution in [2.45, 2.75) is 27.2 Å². The molecule has 6 heteroatoms. The molecule has 0 aromatic heterocycles. The molecule has 0 atom stereocenters. The topological polar surface area (TPSA) is 70.9 Å². The first-order valence-electron chi connectivity index (χ1n) is 6.82. The molecule has 1 aromatic carbocycles. The predicted octanol–water partition coefficient (Wildman–Crippen LogP) is 2.57. The molecule has 0 saturated carbocycles. The van der Waals surface area contributed by atoms with Gasteiger partial charge in [0.15, 0.2) is 6.61 Å². The van der Waals surface area contributed by atoms with Gasteiger partial charge in [-0.05, 0) is 31.4 Å². The van der Waals surface area contributed by atoms with E-state index in [0.29, 0.717) is 18.0 Å². The number of rotatable bonds is 7. The second-order valence-corrected chi connectivity index (χ2v) is 5.15. The Morgan fingerprint density at radius 3 is 2.81 bits per heavy atom. The number of carbonyl (C=O) groups excluding carboxylic acids is 1. The summed E-state index contributed by atoms with van der Waals surface area (Å²) in [5.74, 6) is -0.0853. The van der Waals surface area contributed by atoms with Crippen molar-refractivity contribution in [3.63, 3.8) is 0 Å². The van der Waals surface area contributed by atoms with E-state index in [9.17, 15) is 9.18 Å². The summed E-state index contributed by atoms with van der Waals surface area (Å²) in [6.45, 7) is 6.06. The zero-order chi connectivity index (χ0) is 15.8. The van der Waals surface area contributed by atoms with Gasteiger partial charge in [-0.1, -0.05) is 19.0 Å². The fourth-order valence-electron chi connectivity index (χ4n) is 1.66. The van der Waals surface area contributed by atoms with E-state index >= 15 is 0 Å². The van der Waals surface area contributed by atoms with Crippen LogP contribution >= 0.6 is 0 Å². The van der Waals surface area contributed by atoms with Gasteiger partial charge in [0.05, 0.1) is 5.71 Å². The third-order valence-electron chi connectivity index (χ3n) is 2.89. The minimum atomic E-state index is -0.486. The Balaban J connectivity index is 2.62. The summed E-state index contributed by atoms with van der Waals surface area (Å²) in [4.78, 5) is 11.6. The number of ether oxygens (including phenoxy) is 1. The van der Waals surface area contributed by atoms with Crippen molar-refractivity contribution in [1.82, 2.24) is 5.32 Å². The molecule has 0 saturated heterocycles. The van der Waals surface area contributed by atoms with Gasteiger partial charge in [-0.2, -0.15) is 0 Å². The predicted molar refractivity (Wildman–Crippen MR) is 78.4 cm³/mol. The van der Waals surface area contributed by atoms with Gasteiger partial charge in [0, 0.05) is 18.2 Å². The Kier molecular flexibility index (Phi) is 6.65. The lowest BCUT2D eigenvalue weighted by Crippen LogP contribution is -2.30. The van der Waals surface area contributed by atoms with Crippen LogP contribution < -0.4 is 10.1 Å². The number of oxime groups is 1. The first kappa shape index (κ1) is 16.9. The summed E-state index contributed by atoms with van der Waals surface area (Å²) in [5.41, 5.74) is 0.721. The van der Waals surface area contributed by atoms with Crippen LogP contribution in [0.1, 0.15) is 32.8 Å². The first-order valence-corrected chi connectivity index (χ1v) is 6.82. The molecule has 0 spiro atoms. The van der Waals surface area contributed by atoms with Gasteiger partial charge in [0.1, 0.15) is 11.6 Å². The quantitative estimate of drug-likeness (QED) is 0.461. The lowest BCUT2D eigenvalue weighted by Gasteiger charge is -2.11. The Morgan fingerprint density at radius 2 is 2.19 bits per heavy atom. The third-order valence-corrected chi connectivity index (χ3v) is 2.89. The van der Waals surface area contributed by atoms with Crippen LogP contribution in [-0.4, -0.2) is 30.0 Å². The average molecular weight is 296 g/mol. The van der Waals surface area contributed by atoms with E-state index in [1.165, 1.54) is 12.1 Å². The van der Waals surface area contributed by atoms with Crippen molar-refractivity contribution in [3.8, 4) is 5.75 Å². The molecule has 116 valence electrons. The molecule has 2 N–H and O–H groups in total. The molecule has 0 unspecified atom stereocenters. The molecule has 0 aliphatic rings. The number of hydrogen-bond acceptors (Lipinski definition) is 4. The van der Waals surface area contributed by atoms with E-state index < -0.39 is 5.82 Å². The molecule has 1 rings (SSSR count). The summed E-state index contributed by atoms with van der Waals surface area (Å²) < 4.78 is 18.6. The second kappa shape index (κ2) is 8.24. The van der Waals surface area contributed by atoms with E-state index in [2.05, 4.69) is 24.3 Å². The maximum atomic E-state index is 13.2. The van der Waals surface area contributed by atoms with Gasteiger partial charge in [-0.25, -0.2) is 4.39 Å². The van der Waals surface area contributed by atoms with Crippen LogP contribution in [0.2, 0.25) is 0 Å². The summed E-state index contributed by atoms with van der Waals surface area (Å²) in [6, 6.07) is 3.83. The summed E-state index contributed by atoms with van der Waals surface area (Å²) in [7, 11) is 0. The molecule has 0 heterocycles. The van der Waals surface area contributed by atoms with Crippen LogP contribution in [0.4, 0.5) is 4.39 Å². The minimum absolute atomic E-state index is 0.171. The summed E-state index contributed by atoms with van der Waals surface area (Å²) >= 11 is 0. The maximum absolute atomic E-state index is 13.2. The molecule has 0 aliphatic carbocycles. The van der Waals surface area contributed by atoms with Crippen LogP contribution in [0.15, 0.2) is 23.4 Å². The van der Waals surface area contributed by atoms with Gasteiger partial charge in [-0.15, -0.1) is 0 Å². The van der Waals surface area contributed by atoms with E-state index in [1.807, 2.05) is 0 Å². The lowest BCUT2D eigenvalue weighted by molar-refractivity contribution is -0.123. The van der Waals surface area contributed by atoms with Crippen molar-refractivity contribution < 1.29 is 19.1 Å². The van der Waals surface area contributed by atoms with Crippen LogP contribution in [-0.2, 0) is 4.79 Å². The Labute approximate surface area is 123 Å². The third kappa shape index (κ3) is 5.81. The fourth-order valence-corrected chi connectivity index (χ4v) is 1.66. The molecular formula is C15H21FN2O3. The highest BCUT2D eigenvalue weighted by Gasteiger charge is 2.11. The Hall–Kier alpha value is -2.11. The van der Waals surface area contributed by atoms with Crippen molar-refractivity contribution in [2.75, 3.05) is 13.2 Å².